The molecule has 2 heterocycles. The van der Waals surface area contributed by atoms with Crippen LogP contribution in [0.5, 0.6) is 0 Å². The fraction of sp³-hybridized carbons (Fsp3) is 0.583. The van der Waals surface area contributed by atoms with Crippen molar-refractivity contribution in [2.75, 3.05) is 18.4 Å². The van der Waals surface area contributed by atoms with Crippen LogP contribution in [0.3, 0.4) is 0 Å². The van der Waals surface area contributed by atoms with E-state index in [4.69, 9.17) is 0 Å². The molecule has 1 aromatic heterocycles. The van der Waals surface area contributed by atoms with Crippen molar-refractivity contribution in [1.29, 1.82) is 5.26 Å². The van der Waals surface area contributed by atoms with E-state index in [2.05, 4.69) is 26.9 Å². The number of aromatic nitrogens is 2. The second-order valence-corrected chi connectivity index (χ2v) is 4.90. The van der Waals surface area contributed by atoms with Crippen molar-refractivity contribution < 1.29 is 0 Å². The number of hydrogen-bond donors (Lipinski definition) is 2. The Kier molecular flexibility index (Phi) is 2.26. The van der Waals surface area contributed by atoms with Gasteiger partial charge in [-0.2, -0.15) is 10.4 Å². The van der Waals surface area contributed by atoms with Crippen molar-refractivity contribution in [2.24, 2.45) is 11.8 Å². The molecule has 88 valence electrons. The number of aryl methyl sites for hydroxylation is 1. The van der Waals surface area contributed by atoms with Gasteiger partial charge in [-0.25, -0.2) is 0 Å². The van der Waals surface area contributed by atoms with Gasteiger partial charge in [-0.05, 0) is 31.2 Å². The van der Waals surface area contributed by atoms with E-state index in [1.807, 2.05) is 13.8 Å². The SMILES string of the molecule is Cc1nnc(NC2C3CNCC32)c(C#N)c1C. The summed E-state index contributed by atoms with van der Waals surface area (Å²) in [5, 5.41) is 24.1. The summed E-state index contributed by atoms with van der Waals surface area (Å²) in [6.07, 6.45) is 0. The maximum atomic E-state index is 9.19. The van der Waals surface area contributed by atoms with Crippen LogP contribution in [-0.2, 0) is 0 Å². The van der Waals surface area contributed by atoms with E-state index in [0.29, 0.717) is 29.3 Å². The lowest BCUT2D eigenvalue weighted by Crippen LogP contribution is -2.22. The number of rotatable bonds is 2. The average molecular weight is 229 g/mol. The molecule has 2 aliphatic rings. The standard InChI is InChI=1S/C12H15N5/c1-6-7(2)16-17-12(8(6)3-13)15-11-9-4-14-5-10(9)11/h9-11,14H,4-5H2,1-2H3,(H,15,17). The van der Waals surface area contributed by atoms with E-state index in [1.165, 1.54) is 0 Å². The summed E-state index contributed by atoms with van der Waals surface area (Å²) >= 11 is 0. The Morgan fingerprint density at radius 3 is 2.65 bits per heavy atom. The smallest absolute Gasteiger partial charge is 0.167 e. The van der Waals surface area contributed by atoms with Crippen molar-refractivity contribution in [1.82, 2.24) is 15.5 Å². The highest BCUT2D eigenvalue weighted by Gasteiger charge is 2.53. The van der Waals surface area contributed by atoms with Gasteiger partial charge in [0, 0.05) is 19.1 Å². The maximum Gasteiger partial charge on any atom is 0.167 e. The third-order valence-electron chi connectivity index (χ3n) is 3.96. The molecule has 1 aliphatic heterocycles. The average Bonchev–Trinajstić information content (AvgIpc) is 2.76. The quantitative estimate of drug-likeness (QED) is 0.776. The lowest BCUT2D eigenvalue weighted by atomic mass is 10.1. The van der Waals surface area contributed by atoms with Gasteiger partial charge in [0.2, 0.25) is 0 Å². The zero-order chi connectivity index (χ0) is 12.0. The minimum absolute atomic E-state index is 0.472. The molecule has 3 rings (SSSR count). The third kappa shape index (κ3) is 1.56. The molecule has 0 amide bonds. The van der Waals surface area contributed by atoms with Crippen LogP contribution in [0.15, 0.2) is 0 Å². The summed E-state index contributed by atoms with van der Waals surface area (Å²) < 4.78 is 0. The highest BCUT2D eigenvalue weighted by Crippen LogP contribution is 2.43. The molecular formula is C12H15N5. The topological polar surface area (TPSA) is 73.6 Å². The van der Waals surface area contributed by atoms with Gasteiger partial charge in [0.15, 0.2) is 5.82 Å². The highest BCUT2D eigenvalue weighted by molar-refractivity contribution is 5.57. The predicted molar refractivity (Wildman–Crippen MR) is 63.5 cm³/mol. The molecular weight excluding hydrogens is 214 g/mol. The van der Waals surface area contributed by atoms with Crippen LogP contribution >= 0.6 is 0 Å². The van der Waals surface area contributed by atoms with Crippen LogP contribution in [0.2, 0.25) is 0 Å². The van der Waals surface area contributed by atoms with E-state index in [1.54, 1.807) is 0 Å². The minimum atomic E-state index is 0.472. The van der Waals surface area contributed by atoms with Gasteiger partial charge >= 0.3 is 0 Å². The molecule has 5 nitrogen and oxygen atoms in total. The molecule has 1 saturated heterocycles. The van der Waals surface area contributed by atoms with E-state index in [0.717, 1.165) is 24.3 Å². The number of fused-ring (bicyclic) bond motifs is 1. The van der Waals surface area contributed by atoms with Crippen molar-refractivity contribution in [3.63, 3.8) is 0 Å². The second-order valence-electron chi connectivity index (χ2n) is 4.90. The summed E-state index contributed by atoms with van der Waals surface area (Å²) in [5.74, 6) is 2.05. The number of piperidine rings is 1. The van der Waals surface area contributed by atoms with Crippen LogP contribution in [-0.4, -0.2) is 29.3 Å². The van der Waals surface area contributed by atoms with Crippen molar-refractivity contribution in [3.05, 3.63) is 16.8 Å². The molecule has 0 bridgehead atoms. The Labute approximate surface area is 100 Å². The fourth-order valence-corrected chi connectivity index (χ4v) is 2.64. The summed E-state index contributed by atoms with van der Waals surface area (Å²) in [6, 6.07) is 2.69. The first kappa shape index (κ1) is 10.5. The van der Waals surface area contributed by atoms with Gasteiger partial charge in [0.1, 0.15) is 11.6 Å². The van der Waals surface area contributed by atoms with Crippen LogP contribution in [0.25, 0.3) is 0 Å². The molecule has 2 fully saturated rings. The zero-order valence-electron chi connectivity index (χ0n) is 9.99. The molecule has 1 aliphatic carbocycles. The van der Waals surface area contributed by atoms with Crippen molar-refractivity contribution in [3.8, 4) is 6.07 Å². The first-order chi connectivity index (χ1) is 8.22. The third-order valence-corrected chi connectivity index (χ3v) is 3.96. The largest absolute Gasteiger partial charge is 0.364 e. The second kappa shape index (κ2) is 3.67. The first-order valence-corrected chi connectivity index (χ1v) is 5.93. The molecule has 0 aromatic carbocycles. The van der Waals surface area contributed by atoms with E-state index in [9.17, 15) is 5.26 Å². The van der Waals surface area contributed by atoms with Crippen LogP contribution in [0.4, 0.5) is 5.82 Å². The maximum absolute atomic E-state index is 9.19. The molecule has 17 heavy (non-hydrogen) atoms. The molecule has 2 N–H and O–H groups in total. The van der Waals surface area contributed by atoms with Gasteiger partial charge in [-0.1, -0.05) is 0 Å². The van der Waals surface area contributed by atoms with Crippen LogP contribution in [0, 0.1) is 37.0 Å². The number of nitriles is 1. The highest BCUT2D eigenvalue weighted by atomic mass is 15.2. The molecule has 0 radical (unpaired) electrons. The molecule has 5 heteroatoms. The normalized spacial score (nSPS) is 29.6. The van der Waals surface area contributed by atoms with Crippen LogP contribution < -0.4 is 10.6 Å². The number of anilines is 1. The van der Waals surface area contributed by atoms with Gasteiger partial charge in [-0.3, -0.25) is 0 Å². The lowest BCUT2D eigenvalue weighted by molar-refractivity contribution is 0.694. The van der Waals surface area contributed by atoms with Gasteiger partial charge in [0.25, 0.3) is 0 Å². The zero-order valence-corrected chi connectivity index (χ0v) is 9.99. The lowest BCUT2D eigenvalue weighted by Gasteiger charge is -2.11. The molecule has 2 unspecified atom stereocenters. The number of nitrogens with one attached hydrogen (secondary N) is 2. The molecule has 0 spiro atoms. The van der Waals surface area contributed by atoms with Gasteiger partial charge < -0.3 is 10.6 Å². The molecule has 1 saturated carbocycles. The summed E-state index contributed by atoms with van der Waals surface area (Å²) in [4.78, 5) is 0. The Morgan fingerprint density at radius 2 is 2.00 bits per heavy atom. The van der Waals surface area contributed by atoms with E-state index < -0.39 is 0 Å². The number of hydrogen-bond acceptors (Lipinski definition) is 5. The monoisotopic (exact) mass is 229 g/mol. The molecule has 2 atom stereocenters. The molecule has 1 aromatic rings. The van der Waals surface area contributed by atoms with E-state index >= 15 is 0 Å². The van der Waals surface area contributed by atoms with Crippen LogP contribution in [0.1, 0.15) is 16.8 Å². The Morgan fingerprint density at radius 1 is 1.29 bits per heavy atom. The van der Waals surface area contributed by atoms with Gasteiger partial charge in [0.05, 0.1) is 5.69 Å². The van der Waals surface area contributed by atoms with Crippen molar-refractivity contribution in [2.45, 2.75) is 19.9 Å². The Bertz CT molecular complexity index is 494. The fourth-order valence-electron chi connectivity index (χ4n) is 2.64. The number of nitrogens with zero attached hydrogens (tertiary/aromatic N) is 3. The predicted octanol–water partition coefficient (Wildman–Crippen LogP) is 0.595. The summed E-state index contributed by atoms with van der Waals surface area (Å²) in [5.41, 5.74) is 2.38. The minimum Gasteiger partial charge on any atom is -0.364 e. The summed E-state index contributed by atoms with van der Waals surface area (Å²) in [7, 11) is 0. The van der Waals surface area contributed by atoms with E-state index in [-0.39, 0.29) is 0 Å². The van der Waals surface area contributed by atoms with Crippen molar-refractivity contribution >= 4 is 5.82 Å². The summed E-state index contributed by atoms with van der Waals surface area (Å²) in [6.45, 7) is 5.94. The Hall–Kier alpha value is -1.67. The van der Waals surface area contributed by atoms with Gasteiger partial charge in [-0.15, -0.1) is 5.10 Å². The first-order valence-electron chi connectivity index (χ1n) is 5.93. The Balaban J connectivity index is 1.84.